The summed E-state index contributed by atoms with van der Waals surface area (Å²) in [6, 6.07) is 6.21. The Morgan fingerprint density at radius 3 is 2.86 bits per heavy atom. The second kappa shape index (κ2) is 7.03. The van der Waals surface area contributed by atoms with Gasteiger partial charge in [-0.1, -0.05) is 6.92 Å². The lowest BCUT2D eigenvalue weighted by molar-refractivity contribution is 0.0691. The normalized spacial score (nSPS) is 13.2. The molecular formula is C20H21N3O4S. The predicted molar refractivity (Wildman–Crippen MR) is 109 cm³/mol. The van der Waals surface area contributed by atoms with Gasteiger partial charge in [0.1, 0.15) is 5.75 Å². The molecule has 2 aromatic heterocycles. The monoisotopic (exact) mass is 399 g/mol. The van der Waals surface area contributed by atoms with Crippen LogP contribution in [0.2, 0.25) is 0 Å². The number of rotatable bonds is 4. The number of hydrogen-bond donors (Lipinski definition) is 4. The molecule has 1 aliphatic rings. The fourth-order valence-corrected chi connectivity index (χ4v) is 4.76. The van der Waals surface area contributed by atoms with E-state index in [2.05, 4.69) is 33.9 Å². The number of carbonyl (C=O) groups is 1. The number of carboxylic acid groups (broad SMARTS) is 1. The Bertz CT molecular complexity index is 1160. The zero-order valence-electron chi connectivity index (χ0n) is 15.6. The van der Waals surface area contributed by atoms with E-state index in [1.807, 2.05) is 13.1 Å². The molecule has 4 N–H and O–H groups in total. The van der Waals surface area contributed by atoms with Gasteiger partial charge in [0, 0.05) is 52.0 Å². The number of aromatic carboxylic acids is 1. The first-order chi connectivity index (χ1) is 13.4. The number of benzene rings is 1. The maximum absolute atomic E-state index is 12.3. The molecule has 0 spiro atoms. The van der Waals surface area contributed by atoms with Gasteiger partial charge in [-0.25, -0.2) is 4.79 Å². The zero-order valence-corrected chi connectivity index (χ0v) is 16.4. The molecule has 7 nitrogen and oxygen atoms in total. The van der Waals surface area contributed by atoms with Crippen LogP contribution >= 0.6 is 11.8 Å². The van der Waals surface area contributed by atoms with E-state index in [0.29, 0.717) is 23.4 Å². The van der Waals surface area contributed by atoms with Crippen LogP contribution in [0.4, 0.5) is 0 Å². The second-order valence-corrected chi connectivity index (χ2v) is 7.95. The Hall–Kier alpha value is -2.71. The molecule has 4 rings (SSSR count). The van der Waals surface area contributed by atoms with Gasteiger partial charge in [-0.05, 0) is 31.2 Å². The van der Waals surface area contributed by atoms with Gasteiger partial charge in [-0.2, -0.15) is 0 Å². The van der Waals surface area contributed by atoms with Crippen LogP contribution in [0, 0.1) is 0 Å². The summed E-state index contributed by atoms with van der Waals surface area (Å²) in [5, 5.41) is 24.1. The summed E-state index contributed by atoms with van der Waals surface area (Å²) in [5.74, 6) is -1.18. The van der Waals surface area contributed by atoms with Crippen LogP contribution in [0.1, 0.15) is 28.5 Å². The molecule has 0 fully saturated rings. The molecule has 3 heterocycles. The molecule has 8 heteroatoms. The second-order valence-electron chi connectivity index (χ2n) is 6.82. The number of carboxylic acids is 1. The van der Waals surface area contributed by atoms with Gasteiger partial charge in [-0.3, -0.25) is 4.79 Å². The van der Waals surface area contributed by atoms with Crippen molar-refractivity contribution in [3.63, 3.8) is 0 Å². The minimum Gasteiger partial charge on any atom is -0.506 e. The number of aromatic hydroxyl groups is 1. The molecule has 0 amide bonds. The summed E-state index contributed by atoms with van der Waals surface area (Å²) in [4.78, 5) is 27.4. The lowest BCUT2D eigenvalue weighted by Crippen LogP contribution is -2.20. The third-order valence-electron chi connectivity index (χ3n) is 5.18. The minimum atomic E-state index is -1.43. The lowest BCUT2D eigenvalue weighted by Gasteiger charge is -2.12. The number of aryl methyl sites for hydroxylation is 1. The van der Waals surface area contributed by atoms with E-state index < -0.39 is 22.8 Å². The van der Waals surface area contributed by atoms with Gasteiger partial charge in [0.2, 0.25) is 0 Å². The van der Waals surface area contributed by atoms with E-state index in [4.69, 9.17) is 0 Å². The van der Waals surface area contributed by atoms with Gasteiger partial charge in [0.15, 0.2) is 5.56 Å². The highest BCUT2D eigenvalue weighted by molar-refractivity contribution is 7.99. The SMILES string of the molecule is CCNCc1cc2cc3c(cc2n1C)SCCc1c-3[nH]c(=O)c(C(=O)O)c1O. The van der Waals surface area contributed by atoms with E-state index >= 15 is 0 Å². The highest BCUT2D eigenvalue weighted by atomic mass is 32.2. The smallest absolute Gasteiger partial charge is 0.345 e. The number of fused-ring (bicyclic) bond motifs is 4. The molecular weight excluding hydrogens is 378 g/mol. The maximum Gasteiger partial charge on any atom is 0.345 e. The average molecular weight is 399 g/mol. The maximum atomic E-state index is 12.3. The lowest BCUT2D eigenvalue weighted by atomic mass is 9.99. The highest BCUT2D eigenvalue weighted by Crippen LogP contribution is 2.42. The zero-order chi connectivity index (χ0) is 20.0. The molecule has 0 radical (unpaired) electrons. The number of hydrogen-bond acceptors (Lipinski definition) is 5. The van der Waals surface area contributed by atoms with Gasteiger partial charge >= 0.3 is 5.97 Å². The van der Waals surface area contributed by atoms with Crippen molar-refractivity contribution >= 4 is 28.6 Å². The van der Waals surface area contributed by atoms with Gasteiger partial charge in [-0.15, -0.1) is 11.8 Å². The Morgan fingerprint density at radius 2 is 2.14 bits per heavy atom. The van der Waals surface area contributed by atoms with E-state index in [0.717, 1.165) is 40.1 Å². The van der Waals surface area contributed by atoms with Crippen molar-refractivity contribution in [3.05, 3.63) is 45.4 Å². The molecule has 0 saturated carbocycles. The van der Waals surface area contributed by atoms with Crippen LogP contribution < -0.4 is 10.9 Å². The number of aromatic amines is 1. The first kappa shape index (κ1) is 18.6. The van der Waals surface area contributed by atoms with Crippen molar-refractivity contribution in [2.75, 3.05) is 12.3 Å². The third-order valence-corrected chi connectivity index (χ3v) is 6.24. The van der Waals surface area contributed by atoms with E-state index in [1.54, 1.807) is 11.8 Å². The van der Waals surface area contributed by atoms with Crippen molar-refractivity contribution in [2.45, 2.75) is 24.8 Å². The van der Waals surface area contributed by atoms with Crippen molar-refractivity contribution in [2.24, 2.45) is 7.05 Å². The standard InChI is InChI=1S/C20H21N3O4S/c1-3-21-9-11-6-10-7-13-15(8-14(10)23(11)2)28-5-4-12-17(13)22-19(25)16(18(12)24)20(26)27/h6-8,21H,3-5,9H2,1-2H3,(H,26,27)(H2,22,24,25). The first-order valence-corrected chi connectivity index (χ1v) is 10.1. The molecule has 146 valence electrons. The Morgan fingerprint density at radius 1 is 1.36 bits per heavy atom. The number of H-pyrrole nitrogens is 1. The largest absolute Gasteiger partial charge is 0.506 e. The number of nitrogens with zero attached hydrogens (tertiary/aromatic N) is 1. The van der Waals surface area contributed by atoms with Crippen LogP contribution in [0.5, 0.6) is 5.75 Å². The van der Waals surface area contributed by atoms with Gasteiger partial charge in [0.05, 0.1) is 5.69 Å². The topological polar surface area (TPSA) is 107 Å². The number of nitrogens with one attached hydrogen (secondary N) is 2. The van der Waals surface area contributed by atoms with Gasteiger partial charge in [0.25, 0.3) is 5.56 Å². The van der Waals surface area contributed by atoms with E-state index in [1.165, 1.54) is 0 Å². The summed E-state index contributed by atoms with van der Waals surface area (Å²) in [5.41, 5.74) is 2.66. The average Bonchev–Trinajstić information content (AvgIpc) is 2.83. The number of pyridine rings is 1. The summed E-state index contributed by atoms with van der Waals surface area (Å²) >= 11 is 1.64. The Kier molecular flexibility index (Phi) is 4.68. The van der Waals surface area contributed by atoms with E-state index in [9.17, 15) is 19.8 Å². The van der Waals surface area contributed by atoms with E-state index in [-0.39, 0.29) is 0 Å². The molecule has 28 heavy (non-hydrogen) atoms. The summed E-state index contributed by atoms with van der Waals surface area (Å²) in [6.07, 6.45) is 0.472. The third kappa shape index (κ3) is 2.89. The number of aromatic nitrogens is 2. The van der Waals surface area contributed by atoms with Gasteiger partial charge < -0.3 is 25.1 Å². The molecule has 1 aromatic carbocycles. The quantitative estimate of drug-likeness (QED) is 0.537. The van der Waals surface area contributed by atoms with Crippen molar-refractivity contribution in [1.29, 1.82) is 0 Å². The molecule has 0 unspecified atom stereocenters. The molecule has 0 aliphatic carbocycles. The van der Waals surface area contributed by atoms with Crippen molar-refractivity contribution in [3.8, 4) is 17.0 Å². The molecule has 0 atom stereocenters. The van der Waals surface area contributed by atoms with Crippen LogP contribution in [0.3, 0.4) is 0 Å². The Labute approximate surface area is 165 Å². The molecule has 0 saturated heterocycles. The molecule has 0 bridgehead atoms. The van der Waals surface area contributed by atoms with Crippen molar-refractivity contribution in [1.82, 2.24) is 14.9 Å². The van der Waals surface area contributed by atoms with Crippen LogP contribution in [0.15, 0.2) is 27.9 Å². The fourth-order valence-electron chi connectivity index (χ4n) is 3.72. The first-order valence-electron chi connectivity index (χ1n) is 9.10. The summed E-state index contributed by atoms with van der Waals surface area (Å²) in [7, 11) is 2.03. The number of thioether (sulfide) groups is 1. The fraction of sp³-hybridized carbons (Fsp3) is 0.300. The van der Waals surface area contributed by atoms with Crippen LogP contribution in [0.25, 0.3) is 22.2 Å². The predicted octanol–water partition coefficient (Wildman–Crippen LogP) is 2.70. The van der Waals surface area contributed by atoms with Crippen LogP contribution in [-0.2, 0) is 20.0 Å². The minimum absolute atomic E-state index is 0.430. The molecule has 3 aromatic rings. The summed E-state index contributed by atoms with van der Waals surface area (Å²) in [6.45, 7) is 3.70. The Balaban J connectivity index is 1.95. The van der Waals surface area contributed by atoms with Crippen LogP contribution in [-0.4, -0.2) is 38.0 Å². The highest BCUT2D eigenvalue weighted by Gasteiger charge is 2.26. The molecule has 1 aliphatic heterocycles. The van der Waals surface area contributed by atoms with Crippen molar-refractivity contribution < 1.29 is 15.0 Å². The summed E-state index contributed by atoms with van der Waals surface area (Å²) < 4.78 is 2.15.